The van der Waals surface area contributed by atoms with Crippen LogP contribution < -0.4 is 11.1 Å². The molecule has 2 aromatic rings. The van der Waals surface area contributed by atoms with E-state index >= 15 is 0 Å². The van der Waals surface area contributed by atoms with Crippen molar-refractivity contribution in [2.45, 2.75) is 13.0 Å². The Balaban J connectivity index is 1.93. The van der Waals surface area contributed by atoms with Crippen LogP contribution >= 0.6 is 0 Å². The predicted octanol–water partition coefficient (Wildman–Crippen LogP) is -0.195. The molecule has 0 fully saturated rings. The first-order chi connectivity index (χ1) is 9.29. The molecule has 0 bridgehead atoms. The number of hydrogen-bond acceptors (Lipinski definition) is 5. The van der Waals surface area contributed by atoms with Gasteiger partial charge in [-0.1, -0.05) is 30.3 Å². The van der Waals surface area contributed by atoms with Crippen molar-refractivity contribution in [1.82, 2.24) is 25.5 Å². The second kappa shape index (κ2) is 6.60. The molecule has 1 heterocycles. The van der Waals surface area contributed by atoms with Gasteiger partial charge in [-0.3, -0.25) is 4.79 Å². The molecule has 100 valence electrons. The number of tetrazole rings is 1. The van der Waals surface area contributed by atoms with E-state index in [0.717, 1.165) is 12.0 Å². The molecule has 0 aliphatic carbocycles. The van der Waals surface area contributed by atoms with Gasteiger partial charge in [-0.05, 0) is 18.2 Å². The Morgan fingerprint density at radius 1 is 1.32 bits per heavy atom. The number of carbonyl (C=O) groups excluding carboxylic acids is 1. The van der Waals surface area contributed by atoms with Crippen molar-refractivity contribution >= 4 is 5.91 Å². The Bertz CT molecular complexity index is 524. The number of rotatable bonds is 6. The first-order valence-corrected chi connectivity index (χ1v) is 6.09. The molecular weight excluding hydrogens is 244 g/mol. The summed E-state index contributed by atoms with van der Waals surface area (Å²) in [5.41, 5.74) is 6.22. The highest BCUT2D eigenvalue weighted by molar-refractivity contribution is 5.75. The Kier molecular flexibility index (Phi) is 4.57. The average molecular weight is 260 g/mol. The Morgan fingerprint density at radius 3 is 2.84 bits per heavy atom. The monoisotopic (exact) mass is 260 g/mol. The van der Waals surface area contributed by atoms with Crippen LogP contribution in [-0.4, -0.2) is 39.2 Å². The largest absolute Gasteiger partial charge is 0.354 e. The number of amides is 1. The normalized spacial score (nSPS) is 10.4. The lowest BCUT2D eigenvalue weighted by Crippen LogP contribution is -2.30. The minimum atomic E-state index is -0.148. The maximum Gasteiger partial charge on any atom is 0.243 e. The van der Waals surface area contributed by atoms with Crippen LogP contribution in [0.5, 0.6) is 0 Å². The van der Waals surface area contributed by atoms with Crippen molar-refractivity contribution in [2.24, 2.45) is 5.73 Å². The standard InChI is InChI=1S/C12H16N6O/c13-7-4-8-14-11(19)9-18-16-12(15-17-18)10-5-2-1-3-6-10/h1-3,5-6H,4,7-9,13H2,(H,14,19). The fourth-order valence-corrected chi connectivity index (χ4v) is 1.53. The van der Waals surface area contributed by atoms with Crippen LogP contribution in [0.25, 0.3) is 11.4 Å². The van der Waals surface area contributed by atoms with Crippen LogP contribution in [0.1, 0.15) is 6.42 Å². The van der Waals surface area contributed by atoms with Gasteiger partial charge in [-0.15, -0.1) is 10.2 Å². The topological polar surface area (TPSA) is 98.7 Å². The summed E-state index contributed by atoms with van der Waals surface area (Å²) in [4.78, 5) is 12.8. The number of aromatic nitrogens is 4. The fraction of sp³-hybridized carbons (Fsp3) is 0.333. The van der Waals surface area contributed by atoms with Crippen molar-refractivity contribution in [3.63, 3.8) is 0 Å². The summed E-state index contributed by atoms with van der Waals surface area (Å²) >= 11 is 0. The highest BCUT2D eigenvalue weighted by Gasteiger charge is 2.08. The van der Waals surface area contributed by atoms with Crippen molar-refractivity contribution in [2.75, 3.05) is 13.1 Å². The number of benzene rings is 1. The van der Waals surface area contributed by atoms with Gasteiger partial charge in [0.1, 0.15) is 6.54 Å². The van der Waals surface area contributed by atoms with Crippen LogP contribution in [-0.2, 0) is 11.3 Å². The molecule has 0 aliphatic rings. The Morgan fingerprint density at radius 2 is 2.11 bits per heavy atom. The van der Waals surface area contributed by atoms with Gasteiger partial charge in [0.15, 0.2) is 0 Å². The number of hydrogen-bond donors (Lipinski definition) is 2. The van der Waals surface area contributed by atoms with Gasteiger partial charge >= 0.3 is 0 Å². The van der Waals surface area contributed by atoms with E-state index in [4.69, 9.17) is 5.73 Å². The lowest BCUT2D eigenvalue weighted by molar-refractivity contribution is -0.122. The van der Waals surface area contributed by atoms with Gasteiger partial charge in [-0.2, -0.15) is 4.80 Å². The maximum absolute atomic E-state index is 11.6. The SMILES string of the molecule is NCCCNC(=O)Cn1nnc(-c2ccccc2)n1. The molecule has 2 rings (SSSR count). The van der Waals surface area contributed by atoms with E-state index in [1.165, 1.54) is 4.80 Å². The summed E-state index contributed by atoms with van der Waals surface area (Å²) in [5, 5.41) is 14.7. The van der Waals surface area contributed by atoms with Crippen LogP contribution in [0.3, 0.4) is 0 Å². The molecule has 0 spiro atoms. The Labute approximate surface area is 110 Å². The van der Waals surface area contributed by atoms with E-state index in [1.807, 2.05) is 30.3 Å². The predicted molar refractivity (Wildman–Crippen MR) is 69.9 cm³/mol. The molecule has 1 aromatic carbocycles. The zero-order chi connectivity index (χ0) is 13.5. The van der Waals surface area contributed by atoms with E-state index in [9.17, 15) is 4.79 Å². The molecule has 7 heteroatoms. The smallest absolute Gasteiger partial charge is 0.243 e. The molecule has 1 amide bonds. The van der Waals surface area contributed by atoms with Crippen LogP contribution in [0, 0.1) is 0 Å². The van der Waals surface area contributed by atoms with Crippen molar-refractivity contribution in [3.8, 4) is 11.4 Å². The van der Waals surface area contributed by atoms with E-state index in [-0.39, 0.29) is 12.5 Å². The second-order valence-electron chi connectivity index (χ2n) is 4.00. The number of nitrogens with one attached hydrogen (secondary N) is 1. The van der Waals surface area contributed by atoms with Gasteiger partial charge in [0, 0.05) is 12.1 Å². The van der Waals surface area contributed by atoms with Gasteiger partial charge in [0.05, 0.1) is 0 Å². The third-order valence-corrected chi connectivity index (χ3v) is 2.47. The summed E-state index contributed by atoms with van der Waals surface area (Å²) < 4.78 is 0. The van der Waals surface area contributed by atoms with E-state index in [1.54, 1.807) is 0 Å². The zero-order valence-electron chi connectivity index (χ0n) is 10.5. The molecular formula is C12H16N6O. The first-order valence-electron chi connectivity index (χ1n) is 6.09. The quantitative estimate of drug-likeness (QED) is 0.701. The summed E-state index contributed by atoms with van der Waals surface area (Å²) in [6.07, 6.45) is 0.756. The molecule has 0 atom stereocenters. The summed E-state index contributed by atoms with van der Waals surface area (Å²) in [5.74, 6) is 0.362. The summed E-state index contributed by atoms with van der Waals surface area (Å²) in [6.45, 7) is 1.18. The molecule has 0 saturated heterocycles. The van der Waals surface area contributed by atoms with Crippen LogP contribution in [0.15, 0.2) is 30.3 Å². The zero-order valence-corrected chi connectivity index (χ0v) is 10.5. The maximum atomic E-state index is 11.6. The van der Waals surface area contributed by atoms with Gasteiger partial charge in [0.25, 0.3) is 0 Å². The molecule has 1 aromatic heterocycles. The first kappa shape index (κ1) is 13.2. The third kappa shape index (κ3) is 3.85. The molecule has 19 heavy (non-hydrogen) atoms. The lowest BCUT2D eigenvalue weighted by Gasteiger charge is -2.02. The Hall–Kier alpha value is -2.28. The molecule has 0 unspecified atom stereocenters. The van der Waals surface area contributed by atoms with Crippen LogP contribution in [0.2, 0.25) is 0 Å². The molecule has 0 aliphatic heterocycles. The minimum Gasteiger partial charge on any atom is -0.354 e. The second-order valence-corrected chi connectivity index (χ2v) is 4.00. The van der Waals surface area contributed by atoms with Crippen molar-refractivity contribution in [3.05, 3.63) is 30.3 Å². The highest BCUT2D eigenvalue weighted by atomic mass is 16.2. The van der Waals surface area contributed by atoms with Crippen molar-refractivity contribution in [1.29, 1.82) is 0 Å². The van der Waals surface area contributed by atoms with Gasteiger partial charge < -0.3 is 11.1 Å². The van der Waals surface area contributed by atoms with E-state index < -0.39 is 0 Å². The summed E-state index contributed by atoms with van der Waals surface area (Å²) in [7, 11) is 0. The fourth-order valence-electron chi connectivity index (χ4n) is 1.53. The molecule has 7 nitrogen and oxygen atoms in total. The number of nitrogens with two attached hydrogens (primary N) is 1. The third-order valence-electron chi connectivity index (χ3n) is 2.47. The highest BCUT2D eigenvalue weighted by Crippen LogP contribution is 2.11. The van der Waals surface area contributed by atoms with Gasteiger partial charge in [0.2, 0.25) is 11.7 Å². The van der Waals surface area contributed by atoms with Crippen LogP contribution in [0.4, 0.5) is 0 Å². The number of nitrogens with zero attached hydrogens (tertiary/aromatic N) is 4. The molecule has 0 saturated carbocycles. The average Bonchev–Trinajstić information content (AvgIpc) is 2.88. The van der Waals surface area contributed by atoms with Crippen molar-refractivity contribution < 1.29 is 4.79 Å². The minimum absolute atomic E-state index is 0.0599. The number of carbonyl (C=O) groups is 1. The molecule has 0 radical (unpaired) electrons. The molecule has 3 N–H and O–H groups in total. The van der Waals surface area contributed by atoms with Gasteiger partial charge in [-0.25, -0.2) is 0 Å². The summed E-state index contributed by atoms with van der Waals surface area (Å²) in [6, 6.07) is 9.50. The lowest BCUT2D eigenvalue weighted by atomic mass is 10.2. The van der Waals surface area contributed by atoms with E-state index in [2.05, 4.69) is 20.7 Å². The van der Waals surface area contributed by atoms with E-state index in [0.29, 0.717) is 18.9 Å².